The largest absolute Gasteiger partial charge is 0.333 e. The zero-order chi connectivity index (χ0) is 21.2. The molecule has 0 aliphatic carbocycles. The Bertz CT molecular complexity index is 1180. The fraction of sp³-hybridized carbons (Fsp3) is 0.292. The van der Waals surface area contributed by atoms with E-state index in [0.717, 1.165) is 60.6 Å². The lowest BCUT2D eigenvalue weighted by atomic mass is 10.2. The van der Waals surface area contributed by atoms with Crippen LogP contribution in [0.1, 0.15) is 37.2 Å². The summed E-state index contributed by atoms with van der Waals surface area (Å²) in [4.78, 5) is 24.0. The molecule has 7 heteroatoms. The van der Waals surface area contributed by atoms with Crippen molar-refractivity contribution in [2.45, 2.75) is 38.9 Å². The van der Waals surface area contributed by atoms with Gasteiger partial charge in [-0.1, -0.05) is 24.3 Å². The van der Waals surface area contributed by atoms with E-state index in [0.29, 0.717) is 0 Å². The van der Waals surface area contributed by atoms with Crippen molar-refractivity contribution in [2.24, 2.45) is 0 Å². The molecule has 0 bridgehead atoms. The summed E-state index contributed by atoms with van der Waals surface area (Å²) in [7, 11) is 0. The molecule has 1 aliphatic rings. The van der Waals surface area contributed by atoms with Gasteiger partial charge in [-0.3, -0.25) is 0 Å². The van der Waals surface area contributed by atoms with Crippen LogP contribution in [0, 0.1) is 0 Å². The van der Waals surface area contributed by atoms with Crippen molar-refractivity contribution in [1.82, 2.24) is 24.0 Å². The lowest BCUT2D eigenvalue weighted by Crippen LogP contribution is -2.35. The van der Waals surface area contributed by atoms with E-state index in [1.54, 1.807) is 12.5 Å². The third kappa shape index (κ3) is 3.79. The lowest BCUT2D eigenvalue weighted by Gasteiger charge is -2.25. The van der Waals surface area contributed by atoms with Gasteiger partial charge in [0.05, 0.1) is 23.4 Å². The Labute approximate surface area is 181 Å². The second kappa shape index (κ2) is 8.26. The van der Waals surface area contributed by atoms with Crippen LogP contribution < -0.4 is 5.32 Å². The molecule has 1 fully saturated rings. The molecule has 4 aromatic rings. The summed E-state index contributed by atoms with van der Waals surface area (Å²) in [6.07, 6.45) is 7.42. The van der Waals surface area contributed by atoms with Gasteiger partial charge in [0.1, 0.15) is 5.82 Å². The van der Waals surface area contributed by atoms with Gasteiger partial charge in [-0.25, -0.2) is 14.8 Å². The van der Waals surface area contributed by atoms with Crippen LogP contribution in [0.2, 0.25) is 0 Å². The first-order valence-corrected chi connectivity index (χ1v) is 10.8. The summed E-state index contributed by atoms with van der Waals surface area (Å²) < 4.78 is 4.25. The molecule has 1 N–H and O–H groups in total. The summed E-state index contributed by atoms with van der Waals surface area (Å²) in [6.45, 7) is 4.46. The second-order valence-corrected chi connectivity index (χ2v) is 7.92. The Hall–Kier alpha value is -3.61. The van der Waals surface area contributed by atoms with E-state index in [1.807, 2.05) is 58.1 Å². The SMILES string of the molecule is CCn1c(C2CCCN2C(=O)Nc2ccc(Cn3ccnc3)cc2)nc2ccccc21. The molecule has 3 heterocycles. The van der Waals surface area contributed by atoms with Gasteiger partial charge < -0.3 is 19.4 Å². The molecule has 7 nitrogen and oxygen atoms in total. The average molecular weight is 415 g/mol. The van der Waals surface area contributed by atoms with Crippen LogP contribution in [0.15, 0.2) is 67.3 Å². The number of benzene rings is 2. The molecule has 0 spiro atoms. The summed E-state index contributed by atoms with van der Waals surface area (Å²) >= 11 is 0. The smallest absolute Gasteiger partial charge is 0.322 e. The van der Waals surface area contributed by atoms with E-state index < -0.39 is 0 Å². The number of rotatable bonds is 5. The van der Waals surface area contributed by atoms with Gasteiger partial charge in [-0.15, -0.1) is 0 Å². The Morgan fingerprint density at radius 3 is 2.77 bits per heavy atom. The van der Waals surface area contributed by atoms with Gasteiger partial charge >= 0.3 is 6.03 Å². The highest BCUT2D eigenvalue weighted by Gasteiger charge is 2.33. The quantitative estimate of drug-likeness (QED) is 0.516. The lowest BCUT2D eigenvalue weighted by molar-refractivity contribution is 0.204. The topological polar surface area (TPSA) is 68.0 Å². The predicted molar refractivity (Wildman–Crippen MR) is 121 cm³/mol. The molecule has 2 aromatic heterocycles. The van der Waals surface area contributed by atoms with Crippen LogP contribution in [0.5, 0.6) is 0 Å². The van der Waals surface area contributed by atoms with Gasteiger partial charge in [0.25, 0.3) is 0 Å². The maximum Gasteiger partial charge on any atom is 0.322 e. The molecule has 0 saturated carbocycles. The number of carbonyl (C=O) groups is 1. The summed E-state index contributed by atoms with van der Waals surface area (Å²) in [6, 6.07) is 16.1. The molecule has 1 unspecified atom stereocenters. The van der Waals surface area contributed by atoms with Crippen molar-refractivity contribution in [3.63, 3.8) is 0 Å². The van der Waals surface area contributed by atoms with Crippen LogP contribution in [-0.2, 0) is 13.1 Å². The maximum atomic E-state index is 13.1. The molecule has 5 rings (SSSR count). The molecule has 0 radical (unpaired) electrons. The van der Waals surface area contributed by atoms with Crippen LogP contribution in [-0.4, -0.2) is 36.6 Å². The number of para-hydroxylation sites is 2. The Morgan fingerprint density at radius 2 is 2.00 bits per heavy atom. The number of hydrogen-bond donors (Lipinski definition) is 1. The molecular formula is C24H26N6O. The first kappa shape index (κ1) is 19.4. The number of aryl methyl sites for hydroxylation is 1. The fourth-order valence-corrected chi connectivity index (χ4v) is 4.44. The third-order valence-electron chi connectivity index (χ3n) is 5.94. The van der Waals surface area contributed by atoms with Gasteiger partial charge in [0.15, 0.2) is 0 Å². The van der Waals surface area contributed by atoms with E-state index in [2.05, 4.69) is 27.9 Å². The molecule has 1 atom stereocenters. The monoisotopic (exact) mass is 414 g/mol. The minimum Gasteiger partial charge on any atom is -0.333 e. The molecule has 2 aromatic carbocycles. The Kier molecular flexibility index (Phi) is 5.16. The third-order valence-corrected chi connectivity index (χ3v) is 5.94. The molecular weight excluding hydrogens is 388 g/mol. The molecule has 1 saturated heterocycles. The molecule has 31 heavy (non-hydrogen) atoms. The zero-order valence-electron chi connectivity index (χ0n) is 17.6. The summed E-state index contributed by atoms with van der Waals surface area (Å²) in [5.41, 5.74) is 4.07. The summed E-state index contributed by atoms with van der Waals surface area (Å²) in [5, 5.41) is 3.07. The zero-order valence-corrected chi connectivity index (χ0v) is 17.6. The van der Waals surface area contributed by atoms with E-state index in [4.69, 9.17) is 4.98 Å². The number of urea groups is 1. The number of carbonyl (C=O) groups excluding carboxylic acids is 1. The van der Waals surface area contributed by atoms with Crippen LogP contribution in [0.3, 0.4) is 0 Å². The van der Waals surface area contributed by atoms with Crippen molar-refractivity contribution in [3.8, 4) is 0 Å². The Balaban J connectivity index is 1.32. The molecule has 2 amide bonds. The number of nitrogens with one attached hydrogen (secondary N) is 1. The maximum absolute atomic E-state index is 13.1. The van der Waals surface area contributed by atoms with Crippen molar-refractivity contribution >= 4 is 22.8 Å². The number of nitrogens with zero attached hydrogens (tertiary/aromatic N) is 5. The number of hydrogen-bond acceptors (Lipinski definition) is 3. The number of aromatic nitrogens is 4. The minimum absolute atomic E-state index is 0.00661. The van der Waals surface area contributed by atoms with E-state index in [1.165, 1.54) is 0 Å². The average Bonchev–Trinajstić information content (AvgIpc) is 3.54. The van der Waals surface area contributed by atoms with Crippen LogP contribution >= 0.6 is 0 Å². The van der Waals surface area contributed by atoms with Crippen LogP contribution in [0.4, 0.5) is 10.5 Å². The number of amides is 2. The predicted octanol–water partition coefficient (Wildman–Crippen LogP) is 4.67. The molecule has 158 valence electrons. The van der Waals surface area contributed by atoms with Gasteiger partial charge in [0, 0.05) is 37.7 Å². The van der Waals surface area contributed by atoms with Crippen molar-refractivity contribution in [1.29, 1.82) is 0 Å². The van der Waals surface area contributed by atoms with Gasteiger partial charge in [-0.05, 0) is 49.6 Å². The number of imidazole rings is 2. The minimum atomic E-state index is -0.0698. The highest BCUT2D eigenvalue weighted by molar-refractivity contribution is 5.90. The highest BCUT2D eigenvalue weighted by Crippen LogP contribution is 2.34. The van der Waals surface area contributed by atoms with Crippen molar-refractivity contribution in [3.05, 3.63) is 78.6 Å². The van der Waals surface area contributed by atoms with Gasteiger partial charge in [-0.2, -0.15) is 0 Å². The van der Waals surface area contributed by atoms with Crippen molar-refractivity contribution in [2.75, 3.05) is 11.9 Å². The number of likely N-dealkylation sites (tertiary alicyclic amines) is 1. The molecule has 1 aliphatic heterocycles. The second-order valence-electron chi connectivity index (χ2n) is 7.92. The van der Waals surface area contributed by atoms with Crippen molar-refractivity contribution < 1.29 is 4.79 Å². The standard InChI is InChI=1S/C24H26N6O/c1-2-29-21-7-4-3-6-20(21)27-23(29)22-8-5-14-30(22)24(31)26-19-11-9-18(10-12-19)16-28-15-13-25-17-28/h3-4,6-7,9-13,15,17,22H,2,5,8,14,16H2,1H3,(H,26,31). The number of fused-ring (bicyclic) bond motifs is 1. The van der Waals surface area contributed by atoms with Crippen LogP contribution in [0.25, 0.3) is 11.0 Å². The van der Waals surface area contributed by atoms with E-state index in [-0.39, 0.29) is 12.1 Å². The highest BCUT2D eigenvalue weighted by atomic mass is 16.2. The number of anilines is 1. The van der Waals surface area contributed by atoms with Gasteiger partial charge in [0.2, 0.25) is 0 Å². The van der Waals surface area contributed by atoms with E-state index >= 15 is 0 Å². The summed E-state index contributed by atoms with van der Waals surface area (Å²) in [5.74, 6) is 0.979. The first-order valence-electron chi connectivity index (χ1n) is 10.8. The van der Waals surface area contributed by atoms with E-state index in [9.17, 15) is 4.79 Å². The normalized spacial score (nSPS) is 16.2. The first-order chi connectivity index (χ1) is 15.2. The Morgan fingerprint density at radius 1 is 1.16 bits per heavy atom. The fourth-order valence-electron chi connectivity index (χ4n) is 4.44.